The van der Waals surface area contributed by atoms with Crippen LogP contribution in [-0.2, 0) is 22.6 Å². The molecule has 0 aliphatic carbocycles. The van der Waals surface area contributed by atoms with Crippen LogP contribution in [0.4, 0.5) is 5.82 Å². The summed E-state index contributed by atoms with van der Waals surface area (Å²) in [6, 6.07) is 29.7. The van der Waals surface area contributed by atoms with Crippen LogP contribution in [0.1, 0.15) is 35.6 Å². The number of carbonyl (C=O) groups excluding carboxylic acids is 1. The van der Waals surface area contributed by atoms with Crippen molar-refractivity contribution in [1.29, 1.82) is 5.26 Å². The number of nitriles is 1. The lowest BCUT2D eigenvalue weighted by molar-refractivity contribution is -0.145. The summed E-state index contributed by atoms with van der Waals surface area (Å²) in [5.41, 5.74) is 4.00. The number of aromatic nitrogens is 2. The average molecular weight is 477 g/mol. The fourth-order valence-corrected chi connectivity index (χ4v) is 4.76. The lowest BCUT2D eigenvalue weighted by atomic mass is 9.90. The molecule has 0 bridgehead atoms. The number of nitrogens with zero attached hydrogens (tertiary/aromatic N) is 4. The topological polar surface area (TPSA) is 79.1 Å². The van der Waals surface area contributed by atoms with Crippen molar-refractivity contribution in [2.45, 2.75) is 31.8 Å². The Labute approximate surface area is 211 Å². The summed E-state index contributed by atoms with van der Waals surface area (Å²) in [4.78, 5) is 24.9. The third-order valence-electron chi connectivity index (χ3n) is 6.72. The van der Waals surface area contributed by atoms with Crippen molar-refractivity contribution in [2.24, 2.45) is 5.92 Å². The van der Waals surface area contributed by atoms with Gasteiger partial charge < -0.3 is 9.64 Å². The maximum absolute atomic E-state index is 13.0. The molecule has 2 heterocycles. The van der Waals surface area contributed by atoms with Crippen molar-refractivity contribution in [1.82, 2.24) is 9.97 Å². The normalized spacial score (nSPS) is 14.8. The molecule has 0 radical (unpaired) electrons. The SMILES string of the molecule is N#CC(C(=O)OCc1ccccc1)c1nc2ccccc2nc1N1CCC(Cc2ccccc2)CC1. The molecule has 1 fully saturated rings. The summed E-state index contributed by atoms with van der Waals surface area (Å²) in [7, 11) is 0. The first-order valence-electron chi connectivity index (χ1n) is 12.4. The third-order valence-corrected chi connectivity index (χ3v) is 6.72. The molecule has 4 aromatic rings. The minimum absolute atomic E-state index is 0.110. The van der Waals surface area contributed by atoms with Gasteiger partial charge in [-0.3, -0.25) is 4.79 Å². The molecule has 6 heteroatoms. The lowest BCUT2D eigenvalue weighted by Gasteiger charge is -2.34. The molecule has 1 atom stereocenters. The molecule has 1 aliphatic heterocycles. The highest BCUT2D eigenvalue weighted by atomic mass is 16.5. The van der Waals surface area contributed by atoms with Gasteiger partial charge in [0.2, 0.25) is 0 Å². The second kappa shape index (κ2) is 11.0. The molecule has 1 aromatic heterocycles. The van der Waals surface area contributed by atoms with Crippen LogP contribution in [0.3, 0.4) is 0 Å². The Bertz CT molecular complexity index is 1360. The molecule has 36 heavy (non-hydrogen) atoms. The molecule has 5 rings (SSSR count). The zero-order valence-corrected chi connectivity index (χ0v) is 20.1. The van der Waals surface area contributed by atoms with Gasteiger partial charge in [0.25, 0.3) is 0 Å². The van der Waals surface area contributed by atoms with Crippen LogP contribution in [-0.4, -0.2) is 29.0 Å². The van der Waals surface area contributed by atoms with E-state index in [-0.39, 0.29) is 6.61 Å². The van der Waals surface area contributed by atoms with Crippen molar-refractivity contribution in [3.8, 4) is 6.07 Å². The van der Waals surface area contributed by atoms with Crippen molar-refractivity contribution in [3.63, 3.8) is 0 Å². The average Bonchev–Trinajstić information content (AvgIpc) is 2.93. The van der Waals surface area contributed by atoms with E-state index >= 15 is 0 Å². The van der Waals surface area contributed by atoms with E-state index in [9.17, 15) is 10.1 Å². The zero-order valence-electron chi connectivity index (χ0n) is 20.1. The van der Waals surface area contributed by atoms with E-state index in [1.165, 1.54) is 5.56 Å². The highest BCUT2D eigenvalue weighted by Crippen LogP contribution is 2.32. The molecular formula is C30H28N4O2. The number of hydrogen-bond donors (Lipinski definition) is 0. The molecule has 0 N–H and O–H groups in total. The maximum Gasteiger partial charge on any atom is 0.330 e. The summed E-state index contributed by atoms with van der Waals surface area (Å²) in [5.74, 6) is -0.563. The van der Waals surface area contributed by atoms with Crippen LogP contribution in [0.5, 0.6) is 0 Å². The van der Waals surface area contributed by atoms with Crippen LogP contribution in [0.15, 0.2) is 84.9 Å². The minimum Gasteiger partial charge on any atom is -0.460 e. The summed E-state index contributed by atoms with van der Waals surface area (Å²) >= 11 is 0. The Morgan fingerprint density at radius 2 is 1.47 bits per heavy atom. The monoisotopic (exact) mass is 476 g/mol. The zero-order chi connectivity index (χ0) is 24.7. The molecule has 6 nitrogen and oxygen atoms in total. The van der Waals surface area contributed by atoms with Crippen LogP contribution in [0.25, 0.3) is 11.0 Å². The Morgan fingerprint density at radius 3 is 2.11 bits per heavy atom. The van der Waals surface area contributed by atoms with Crippen molar-refractivity contribution < 1.29 is 9.53 Å². The minimum atomic E-state index is -1.15. The fraction of sp³-hybridized carbons (Fsp3) is 0.267. The van der Waals surface area contributed by atoms with Gasteiger partial charge in [0.15, 0.2) is 11.7 Å². The molecule has 0 saturated carbocycles. The molecule has 0 amide bonds. The van der Waals surface area contributed by atoms with E-state index in [2.05, 4.69) is 35.2 Å². The van der Waals surface area contributed by atoms with Crippen LogP contribution in [0, 0.1) is 17.2 Å². The highest BCUT2D eigenvalue weighted by molar-refractivity contribution is 5.85. The molecule has 180 valence electrons. The predicted molar refractivity (Wildman–Crippen MR) is 139 cm³/mol. The molecule has 0 spiro atoms. The van der Waals surface area contributed by atoms with Gasteiger partial charge in [-0.1, -0.05) is 72.8 Å². The first kappa shape index (κ1) is 23.5. The van der Waals surface area contributed by atoms with Crippen LogP contribution < -0.4 is 4.90 Å². The number of esters is 1. The second-order valence-electron chi connectivity index (χ2n) is 9.20. The number of piperidine rings is 1. The molecule has 1 aliphatic rings. The largest absolute Gasteiger partial charge is 0.460 e. The van der Waals surface area contributed by atoms with Crippen molar-refractivity contribution in [2.75, 3.05) is 18.0 Å². The molecular weight excluding hydrogens is 448 g/mol. The van der Waals surface area contributed by atoms with E-state index in [4.69, 9.17) is 14.7 Å². The van der Waals surface area contributed by atoms with Gasteiger partial charge in [0.1, 0.15) is 12.3 Å². The number of benzene rings is 3. The van der Waals surface area contributed by atoms with E-state index in [0.717, 1.165) is 43.4 Å². The second-order valence-corrected chi connectivity index (χ2v) is 9.20. The quantitative estimate of drug-likeness (QED) is 0.331. The molecule has 1 unspecified atom stereocenters. The molecule has 3 aromatic carbocycles. The summed E-state index contributed by atoms with van der Waals surface area (Å²) in [6.45, 7) is 1.71. The predicted octanol–water partition coefficient (Wildman–Crippen LogP) is 5.44. The number of fused-ring (bicyclic) bond motifs is 1. The highest BCUT2D eigenvalue weighted by Gasteiger charge is 2.31. The molecule has 1 saturated heterocycles. The smallest absolute Gasteiger partial charge is 0.330 e. The van der Waals surface area contributed by atoms with Gasteiger partial charge in [-0.05, 0) is 48.4 Å². The number of rotatable bonds is 7. The number of anilines is 1. The maximum atomic E-state index is 13.0. The lowest BCUT2D eigenvalue weighted by Crippen LogP contribution is -2.36. The Morgan fingerprint density at radius 1 is 0.889 bits per heavy atom. The van der Waals surface area contributed by atoms with E-state index in [0.29, 0.717) is 22.9 Å². The van der Waals surface area contributed by atoms with Crippen molar-refractivity contribution >= 4 is 22.8 Å². The van der Waals surface area contributed by atoms with Gasteiger partial charge in [0.05, 0.1) is 17.1 Å². The standard InChI is InChI=1S/C30H28N4O2/c31-20-25(30(35)36-21-24-11-5-2-6-12-24)28-29(33-27-14-8-7-13-26(27)32-28)34-17-15-23(16-18-34)19-22-9-3-1-4-10-22/h1-14,23,25H,15-19,21H2. The first-order valence-corrected chi connectivity index (χ1v) is 12.4. The van der Waals surface area contributed by atoms with E-state index < -0.39 is 11.9 Å². The van der Waals surface area contributed by atoms with E-state index in [1.807, 2.05) is 60.7 Å². The summed E-state index contributed by atoms with van der Waals surface area (Å²) < 4.78 is 5.53. The van der Waals surface area contributed by atoms with Gasteiger partial charge in [-0.2, -0.15) is 5.26 Å². The number of hydrogen-bond acceptors (Lipinski definition) is 6. The van der Waals surface area contributed by atoms with Gasteiger partial charge in [0, 0.05) is 13.1 Å². The Hall–Kier alpha value is -4.24. The third kappa shape index (κ3) is 5.36. The van der Waals surface area contributed by atoms with Crippen LogP contribution >= 0.6 is 0 Å². The van der Waals surface area contributed by atoms with Gasteiger partial charge in [-0.25, -0.2) is 9.97 Å². The number of carbonyl (C=O) groups is 1. The van der Waals surface area contributed by atoms with E-state index in [1.54, 1.807) is 0 Å². The number of para-hydroxylation sites is 2. The Kier molecular flexibility index (Phi) is 7.18. The fourth-order valence-electron chi connectivity index (χ4n) is 4.76. The Balaban J connectivity index is 1.37. The van der Waals surface area contributed by atoms with Gasteiger partial charge >= 0.3 is 5.97 Å². The van der Waals surface area contributed by atoms with Gasteiger partial charge in [-0.15, -0.1) is 0 Å². The first-order chi connectivity index (χ1) is 17.7. The van der Waals surface area contributed by atoms with Crippen molar-refractivity contribution in [3.05, 3.63) is 102 Å². The van der Waals surface area contributed by atoms with Crippen LogP contribution in [0.2, 0.25) is 0 Å². The summed E-state index contributed by atoms with van der Waals surface area (Å²) in [5, 5.41) is 10.0. The number of ether oxygens (including phenoxy) is 1. The summed E-state index contributed by atoms with van der Waals surface area (Å²) in [6.07, 6.45) is 3.08.